The number of hydrogen-bond donors (Lipinski definition) is 1. The minimum atomic E-state index is 0.728. The van der Waals surface area contributed by atoms with E-state index in [9.17, 15) is 0 Å². The van der Waals surface area contributed by atoms with Gasteiger partial charge in [0.25, 0.3) is 0 Å². The van der Waals surface area contributed by atoms with E-state index in [1.165, 1.54) is 37.8 Å². The minimum absolute atomic E-state index is 0.728. The number of ether oxygens (including phenoxy) is 1. The van der Waals surface area contributed by atoms with Crippen molar-refractivity contribution in [3.05, 3.63) is 23.8 Å². The molecule has 1 aromatic carbocycles. The molecule has 0 bridgehead atoms. The lowest BCUT2D eigenvalue weighted by Gasteiger charge is -2.35. The van der Waals surface area contributed by atoms with Gasteiger partial charge in [-0.15, -0.1) is 0 Å². The predicted octanol–water partition coefficient (Wildman–Crippen LogP) is 3.04. The Kier molecular flexibility index (Phi) is 4.48. The molecule has 1 saturated heterocycles. The van der Waals surface area contributed by atoms with Gasteiger partial charge in [0, 0.05) is 24.3 Å². The second kappa shape index (κ2) is 6.10. The monoisotopic (exact) mass is 248 g/mol. The van der Waals surface area contributed by atoms with Crippen LogP contribution in [0.5, 0.6) is 5.75 Å². The molecule has 3 nitrogen and oxygen atoms in total. The molecule has 0 saturated carbocycles. The van der Waals surface area contributed by atoms with Gasteiger partial charge in [0.2, 0.25) is 0 Å². The maximum absolute atomic E-state index is 5.91. The van der Waals surface area contributed by atoms with E-state index in [0.29, 0.717) is 0 Å². The van der Waals surface area contributed by atoms with Crippen LogP contribution < -0.4 is 10.5 Å². The minimum Gasteiger partial charge on any atom is -0.497 e. The maximum atomic E-state index is 5.91. The number of benzene rings is 1. The Hall–Kier alpha value is -1.22. The second-order valence-electron chi connectivity index (χ2n) is 5.14. The molecule has 3 heteroatoms. The summed E-state index contributed by atoms with van der Waals surface area (Å²) in [6.45, 7) is 4.47. The van der Waals surface area contributed by atoms with E-state index in [-0.39, 0.29) is 0 Å². The zero-order valence-corrected chi connectivity index (χ0v) is 11.5. The summed E-state index contributed by atoms with van der Waals surface area (Å²) in [6, 6.07) is 6.75. The van der Waals surface area contributed by atoms with Crippen LogP contribution in [0.2, 0.25) is 0 Å². The summed E-state index contributed by atoms with van der Waals surface area (Å²) in [5.41, 5.74) is 7.95. The van der Waals surface area contributed by atoms with Gasteiger partial charge >= 0.3 is 0 Å². The van der Waals surface area contributed by atoms with Crippen molar-refractivity contribution in [2.45, 2.75) is 45.2 Å². The lowest BCUT2D eigenvalue weighted by Crippen LogP contribution is -2.38. The van der Waals surface area contributed by atoms with Crippen LogP contribution in [-0.2, 0) is 6.54 Å². The first-order chi connectivity index (χ1) is 8.72. The normalized spacial score (nSPS) is 20.9. The topological polar surface area (TPSA) is 38.5 Å². The van der Waals surface area contributed by atoms with Gasteiger partial charge in [0.1, 0.15) is 5.75 Å². The zero-order chi connectivity index (χ0) is 13.0. The fourth-order valence-corrected chi connectivity index (χ4v) is 2.86. The molecule has 2 N–H and O–H groups in total. The highest BCUT2D eigenvalue weighted by atomic mass is 16.5. The molecule has 0 radical (unpaired) electrons. The molecule has 1 atom stereocenters. The maximum Gasteiger partial charge on any atom is 0.121 e. The van der Waals surface area contributed by atoms with Crippen molar-refractivity contribution in [3.63, 3.8) is 0 Å². The van der Waals surface area contributed by atoms with Crippen LogP contribution in [0.15, 0.2) is 18.2 Å². The molecule has 1 heterocycles. The molecule has 1 aliphatic heterocycles. The Bertz CT molecular complexity index is 392. The van der Waals surface area contributed by atoms with Crippen LogP contribution in [-0.4, -0.2) is 24.6 Å². The average molecular weight is 248 g/mol. The number of likely N-dealkylation sites (tertiary alicyclic amines) is 1. The summed E-state index contributed by atoms with van der Waals surface area (Å²) < 4.78 is 5.28. The van der Waals surface area contributed by atoms with E-state index in [2.05, 4.69) is 24.0 Å². The fourth-order valence-electron chi connectivity index (χ4n) is 2.86. The van der Waals surface area contributed by atoms with Crippen LogP contribution in [0.4, 0.5) is 5.69 Å². The third kappa shape index (κ3) is 3.16. The van der Waals surface area contributed by atoms with Gasteiger partial charge in [-0.3, -0.25) is 4.90 Å². The number of anilines is 1. The summed E-state index contributed by atoms with van der Waals surface area (Å²) >= 11 is 0. The van der Waals surface area contributed by atoms with E-state index in [0.717, 1.165) is 24.0 Å². The molecule has 0 aromatic heterocycles. The summed E-state index contributed by atoms with van der Waals surface area (Å²) in [4.78, 5) is 2.58. The van der Waals surface area contributed by atoms with Crippen molar-refractivity contribution in [3.8, 4) is 5.75 Å². The molecule has 18 heavy (non-hydrogen) atoms. The molecule has 1 aromatic rings. The Labute approximate surface area is 110 Å². The lowest BCUT2D eigenvalue weighted by atomic mass is 9.99. The largest absolute Gasteiger partial charge is 0.497 e. The first-order valence-corrected chi connectivity index (χ1v) is 6.90. The third-order valence-electron chi connectivity index (χ3n) is 3.83. The van der Waals surface area contributed by atoms with E-state index in [1.807, 2.05) is 6.07 Å². The first-order valence-electron chi connectivity index (χ1n) is 6.90. The van der Waals surface area contributed by atoms with Crippen molar-refractivity contribution in [1.82, 2.24) is 4.90 Å². The molecule has 100 valence electrons. The molecule has 0 aliphatic carbocycles. The number of hydrogen-bond acceptors (Lipinski definition) is 3. The van der Waals surface area contributed by atoms with Crippen LogP contribution in [0.25, 0.3) is 0 Å². The summed E-state index contributed by atoms with van der Waals surface area (Å²) in [7, 11) is 1.69. The Balaban J connectivity index is 2.09. The third-order valence-corrected chi connectivity index (χ3v) is 3.83. The molecule has 1 aliphatic rings. The standard InChI is InChI=1S/C15H24N2O/c1-3-14-6-4-5-7-17(14)11-12-8-13(16)10-15(9-12)18-2/h8-10,14H,3-7,11,16H2,1-2H3. The molecule has 0 amide bonds. The SMILES string of the molecule is CCC1CCCCN1Cc1cc(N)cc(OC)c1. The molecule has 2 rings (SSSR count). The fraction of sp³-hybridized carbons (Fsp3) is 0.600. The van der Waals surface area contributed by atoms with Gasteiger partial charge < -0.3 is 10.5 Å². The van der Waals surface area contributed by atoms with Gasteiger partial charge in [-0.05, 0) is 43.5 Å². The first kappa shape index (κ1) is 13.2. The Morgan fingerprint density at radius 3 is 2.89 bits per heavy atom. The van der Waals surface area contributed by atoms with Crippen LogP contribution >= 0.6 is 0 Å². The van der Waals surface area contributed by atoms with Crippen LogP contribution in [0, 0.1) is 0 Å². The highest BCUT2D eigenvalue weighted by Gasteiger charge is 2.20. The zero-order valence-electron chi connectivity index (χ0n) is 11.5. The summed E-state index contributed by atoms with van der Waals surface area (Å²) in [5.74, 6) is 0.857. The van der Waals surface area contributed by atoms with E-state index < -0.39 is 0 Å². The predicted molar refractivity (Wildman–Crippen MR) is 75.7 cm³/mol. The van der Waals surface area contributed by atoms with Gasteiger partial charge in [0.05, 0.1) is 7.11 Å². The van der Waals surface area contributed by atoms with Gasteiger partial charge in [-0.2, -0.15) is 0 Å². The number of methoxy groups -OCH3 is 1. The van der Waals surface area contributed by atoms with Gasteiger partial charge in [0.15, 0.2) is 0 Å². The molecular formula is C15H24N2O. The highest BCUT2D eigenvalue weighted by Crippen LogP contribution is 2.24. The molecule has 0 spiro atoms. The Morgan fingerprint density at radius 2 is 2.17 bits per heavy atom. The van der Waals surface area contributed by atoms with E-state index in [1.54, 1.807) is 7.11 Å². The Morgan fingerprint density at radius 1 is 1.33 bits per heavy atom. The summed E-state index contributed by atoms with van der Waals surface area (Å²) in [5, 5.41) is 0. The molecular weight excluding hydrogens is 224 g/mol. The number of nitrogen functional groups attached to an aromatic ring is 1. The number of piperidine rings is 1. The van der Waals surface area contributed by atoms with Crippen molar-refractivity contribution < 1.29 is 4.74 Å². The second-order valence-corrected chi connectivity index (χ2v) is 5.14. The summed E-state index contributed by atoms with van der Waals surface area (Å²) in [6.07, 6.45) is 5.25. The number of rotatable bonds is 4. The molecule has 1 unspecified atom stereocenters. The number of nitrogens with two attached hydrogens (primary N) is 1. The highest BCUT2D eigenvalue weighted by molar-refractivity contribution is 5.47. The van der Waals surface area contributed by atoms with Gasteiger partial charge in [-0.25, -0.2) is 0 Å². The van der Waals surface area contributed by atoms with Crippen molar-refractivity contribution in [2.24, 2.45) is 0 Å². The van der Waals surface area contributed by atoms with Crippen LogP contribution in [0.1, 0.15) is 38.2 Å². The van der Waals surface area contributed by atoms with Crippen molar-refractivity contribution in [2.75, 3.05) is 19.4 Å². The smallest absolute Gasteiger partial charge is 0.121 e. The lowest BCUT2D eigenvalue weighted by molar-refractivity contribution is 0.136. The van der Waals surface area contributed by atoms with E-state index >= 15 is 0 Å². The average Bonchev–Trinajstić information content (AvgIpc) is 2.38. The van der Waals surface area contributed by atoms with Crippen molar-refractivity contribution in [1.29, 1.82) is 0 Å². The van der Waals surface area contributed by atoms with E-state index in [4.69, 9.17) is 10.5 Å². The van der Waals surface area contributed by atoms with Crippen LogP contribution in [0.3, 0.4) is 0 Å². The quantitative estimate of drug-likeness (QED) is 0.832. The molecule has 1 fully saturated rings. The van der Waals surface area contributed by atoms with Crippen molar-refractivity contribution >= 4 is 5.69 Å². The van der Waals surface area contributed by atoms with Gasteiger partial charge in [-0.1, -0.05) is 13.3 Å². The number of nitrogens with zero attached hydrogens (tertiary/aromatic N) is 1.